The van der Waals surface area contributed by atoms with Gasteiger partial charge in [0, 0.05) is 18.8 Å². The van der Waals surface area contributed by atoms with E-state index >= 15 is 0 Å². The third-order valence-corrected chi connectivity index (χ3v) is 3.92. The van der Waals surface area contributed by atoms with E-state index in [0.717, 1.165) is 0 Å². The lowest BCUT2D eigenvalue weighted by Gasteiger charge is -2.11. The van der Waals surface area contributed by atoms with Gasteiger partial charge in [0.15, 0.2) is 5.78 Å². The third kappa shape index (κ3) is 4.29. The normalized spacial score (nSPS) is 10.2. The Morgan fingerprint density at radius 3 is 2.04 bits per heavy atom. The number of para-hydroxylation sites is 2. The van der Waals surface area contributed by atoms with Crippen molar-refractivity contribution in [2.45, 2.75) is 13.3 Å². The zero-order valence-electron chi connectivity index (χ0n) is 15.1. The van der Waals surface area contributed by atoms with Crippen LogP contribution in [0.5, 0.6) is 11.5 Å². The van der Waals surface area contributed by atoms with Gasteiger partial charge in [0.1, 0.15) is 17.1 Å². The van der Waals surface area contributed by atoms with Crippen LogP contribution >= 0.6 is 0 Å². The molecule has 0 aliphatic carbocycles. The molecule has 1 heterocycles. The first-order valence-corrected chi connectivity index (χ1v) is 8.65. The number of benzene rings is 2. The molecule has 0 aliphatic rings. The summed E-state index contributed by atoms with van der Waals surface area (Å²) in [6, 6.07) is 15.9. The lowest BCUT2D eigenvalue weighted by atomic mass is 10.1. The maximum atomic E-state index is 12.7. The van der Waals surface area contributed by atoms with Gasteiger partial charge in [-0.3, -0.25) is 9.78 Å². The molecule has 3 aromatic rings. The van der Waals surface area contributed by atoms with Crippen LogP contribution in [0.1, 0.15) is 44.4 Å². The zero-order chi connectivity index (χ0) is 19.9. The molecule has 140 valence electrons. The van der Waals surface area contributed by atoms with Crippen molar-refractivity contribution in [3.05, 3.63) is 89.7 Å². The van der Waals surface area contributed by atoms with E-state index in [1.807, 2.05) is 0 Å². The summed E-state index contributed by atoms with van der Waals surface area (Å²) >= 11 is 0. The Morgan fingerprint density at radius 1 is 0.786 bits per heavy atom. The highest BCUT2D eigenvalue weighted by atomic mass is 16.5. The summed E-state index contributed by atoms with van der Waals surface area (Å²) in [5, 5.41) is 0. The second-order valence-corrected chi connectivity index (χ2v) is 5.79. The summed E-state index contributed by atoms with van der Waals surface area (Å²) < 4.78 is 10.8. The fourth-order valence-electron chi connectivity index (χ4n) is 2.50. The fourth-order valence-corrected chi connectivity index (χ4v) is 2.50. The largest absolute Gasteiger partial charge is 0.422 e. The standard InChI is InChI=1S/C22H17NO5/c1-2-18(24)16-9-3-5-11-19(16)28-22(26)17-10-4-6-12-20(17)27-21(25)15-8-7-13-23-14-15/h3-14H,2H2,1H3. The molecule has 0 spiro atoms. The smallest absolute Gasteiger partial charge is 0.347 e. The van der Waals surface area contributed by atoms with Crippen molar-refractivity contribution in [3.8, 4) is 11.5 Å². The predicted molar refractivity (Wildman–Crippen MR) is 102 cm³/mol. The minimum absolute atomic E-state index is 0.0562. The van der Waals surface area contributed by atoms with Gasteiger partial charge in [-0.2, -0.15) is 0 Å². The van der Waals surface area contributed by atoms with Gasteiger partial charge in [0.05, 0.1) is 11.1 Å². The highest BCUT2D eigenvalue weighted by Gasteiger charge is 2.20. The number of hydrogen-bond acceptors (Lipinski definition) is 6. The van der Waals surface area contributed by atoms with E-state index in [4.69, 9.17) is 9.47 Å². The van der Waals surface area contributed by atoms with Crippen molar-refractivity contribution in [2.24, 2.45) is 0 Å². The third-order valence-electron chi connectivity index (χ3n) is 3.92. The average molecular weight is 375 g/mol. The molecule has 0 radical (unpaired) electrons. The summed E-state index contributed by atoms with van der Waals surface area (Å²) in [6.07, 6.45) is 3.20. The Morgan fingerprint density at radius 2 is 1.39 bits per heavy atom. The maximum absolute atomic E-state index is 12.7. The quantitative estimate of drug-likeness (QED) is 0.366. The lowest BCUT2D eigenvalue weighted by Crippen LogP contribution is -2.15. The van der Waals surface area contributed by atoms with Crippen LogP contribution in [0.4, 0.5) is 0 Å². The van der Waals surface area contributed by atoms with Gasteiger partial charge in [-0.05, 0) is 36.4 Å². The van der Waals surface area contributed by atoms with Crippen molar-refractivity contribution >= 4 is 17.7 Å². The lowest BCUT2D eigenvalue weighted by molar-refractivity contribution is 0.0706. The van der Waals surface area contributed by atoms with E-state index < -0.39 is 11.9 Å². The van der Waals surface area contributed by atoms with E-state index in [1.54, 1.807) is 55.5 Å². The number of ether oxygens (including phenoxy) is 2. The number of esters is 2. The molecule has 1 aromatic heterocycles. The van der Waals surface area contributed by atoms with Crippen molar-refractivity contribution in [2.75, 3.05) is 0 Å². The number of carbonyl (C=O) groups is 3. The molecule has 0 bridgehead atoms. The molecule has 0 unspecified atom stereocenters. The molecule has 6 nitrogen and oxygen atoms in total. The van der Waals surface area contributed by atoms with E-state index in [2.05, 4.69) is 4.98 Å². The first-order valence-electron chi connectivity index (χ1n) is 8.65. The van der Waals surface area contributed by atoms with Crippen LogP contribution in [0, 0.1) is 0 Å². The van der Waals surface area contributed by atoms with Gasteiger partial charge >= 0.3 is 11.9 Å². The van der Waals surface area contributed by atoms with Crippen molar-refractivity contribution in [3.63, 3.8) is 0 Å². The molecule has 0 fully saturated rings. The van der Waals surface area contributed by atoms with Crippen molar-refractivity contribution in [1.29, 1.82) is 0 Å². The van der Waals surface area contributed by atoms with Crippen LogP contribution < -0.4 is 9.47 Å². The predicted octanol–water partition coefficient (Wildman–Crippen LogP) is 4.11. The molecule has 0 atom stereocenters. The van der Waals surface area contributed by atoms with E-state index in [0.29, 0.717) is 5.56 Å². The van der Waals surface area contributed by atoms with Gasteiger partial charge in [0.25, 0.3) is 0 Å². The molecule has 0 aliphatic heterocycles. The van der Waals surface area contributed by atoms with Gasteiger partial charge < -0.3 is 9.47 Å². The molecule has 3 rings (SSSR count). The first-order chi connectivity index (χ1) is 13.6. The highest BCUT2D eigenvalue weighted by molar-refractivity contribution is 6.01. The molecule has 0 saturated carbocycles. The van der Waals surface area contributed by atoms with Crippen molar-refractivity contribution < 1.29 is 23.9 Å². The molecule has 6 heteroatoms. The summed E-state index contributed by atoms with van der Waals surface area (Å²) in [5.41, 5.74) is 0.645. The van der Waals surface area contributed by atoms with Crippen LogP contribution in [-0.4, -0.2) is 22.7 Å². The summed E-state index contributed by atoms with van der Waals surface area (Å²) in [7, 11) is 0. The summed E-state index contributed by atoms with van der Waals surface area (Å²) in [4.78, 5) is 40.9. The maximum Gasteiger partial charge on any atom is 0.347 e. The van der Waals surface area contributed by atoms with Gasteiger partial charge in [-0.15, -0.1) is 0 Å². The Labute approximate surface area is 161 Å². The zero-order valence-corrected chi connectivity index (χ0v) is 15.1. The molecular weight excluding hydrogens is 358 g/mol. The van der Waals surface area contributed by atoms with Crippen LogP contribution in [0.3, 0.4) is 0 Å². The number of nitrogens with zero attached hydrogens (tertiary/aromatic N) is 1. The van der Waals surface area contributed by atoms with E-state index in [9.17, 15) is 14.4 Å². The monoisotopic (exact) mass is 375 g/mol. The molecule has 0 N–H and O–H groups in total. The summed E-state index contributed by atoms with van der Waals surface area (Å²) in [6.45, 7) is 1.73. The average Bonchev–Trinajstić information content (AvgIpc) is 2.74. The Balaban J connectivity index is 1.84. The van der Waals surface area contributed by atoms with Crippen molar-refractivity contribution in [1.82, 2.24) is 4.98 Å². The molecule has 0 amide bonds. The fraction of sp³-hybridized carbons (Fsp3) is 0.0909. The molecule has 2 aromatic carbocycles. The number of Topliss-reactive ketones (excluding diaryl/α,β-unsaturated/α-hetero) is 1. The van der Waals surface area contributed by atoms with Gasteiger partial charge in [-0.1, -0.05) is 31.2 Å². The highest BCUT2D eigenvalue weighted by Crippen LogP contribution is 2.24. The Bertz CT molecular complexity index is 1010. The SMILES string of the molecule is CCC(=O)c1ccccc1OC(=O)c1ccccc1OC(=O)c1cccnc1. The van der Waals surface area contributed by atoms with E-state index in [1.165, 1.54) is 24.5 Å². The van der Waals surface area contributed by atoms with Gasteiger partial charge in [-0.25, -0.2) is 9.59 Å². The number of ketones is 1. The Hall–Kier alpha value is -3.80. The molecule has 0 saturated heterocycles. The minimum atomic E-state index is -0.731. The van der Waals surface area contributed by atoms with Crippen LogP contribution in [-0.2, 0) is 0 Å². The molecule has 28 heavy (non-hydrogen) atoms. The number of pyridine rings is 1. The van der Waals surface area contributed by atoms with Crippen LogP contribution in [0.25, 0.3) is 0 Å². The van der Waals surface area contributed by atoms with Crippen LogP contribution in [0.15, 0.2) is 73.1 Å². The second-order valence-electron chi connectivity index (χ2n) is 5.79. The van der Waals surface area contributed by atoms with E-state index in [-0.39, 0.29) is 34.8 Å². The number of hydrogen-bond donors (Lipinski definition) is 0. The summed E-state index contributed by atoms with van der Waals surface area (Å²) in [5.74, 6) is -1.30. The second kappa shape index (κ2) is 8.73. The topological polar surface area (TPSA) is 82.6 Å². The minimum Gasteiger partial charge on any atom is -0.422 e. The van der Waals surface area contributed by atoms with Gasteiger partial charge in [0.2, 0.25) is 0 Å². The molecular formula is C22H17NO5. The first kappa shape index (κ1) is 19.0. The number of aromatic nitrogens is 1. The Kier molecular flexibility index (Phi) is 5.91. The number of rotatable bonds is 6. The van der Waals surface area contributed by atoms with Crippen LogP contribution in [0.2, 0.25) is 0 Å². The number of carbonyl (C=O) groups excluding carboxylic acids is 3.